The minimum absolute atomic E-state index is 0.0367. The smallest absolute Gasteiger partial charge is 0.343 e. The molecule has 11 heteroatoms. The number of aromatic amines is 1. The Bertz CT molecular complexity index is 1040. The van der Waals surface area contributed by atoms with Crippen LogP contribution >= 0.6 is 0 Å². The molecule has 4 atom stereocenters. The van der Waals surface area contributed by atoms with Gasteiger partial charge in [-0.15, -0.1) is 5.10 Å². The molecule has 0 aromatic carbocycles. The summed E-state index contributed by atoms with van der Waals surface area (Å²) >= 11 is 0. The van der Waals surface area contributed by atoms with Crippen LogP contribution in [0, 0.1) is 18.8 Å². The minimum atomic E-state index is -0.424. The van der Waals surface area contributed by atoms with E-state index in [0.29, 0.717) is 25.4 Å². The standard InChI is InChI=1S/C18H22N6O5/c1-9-5-12(22-29-9)15(25)19-6-10-11-7-24(8-18(11)4-3-13(10)28-18)16(26)14-20-17(27)23(2)21-14/h5,10-11,13H,3-4,6-8H2,1-2H3,(H,19,25)(H,20,21,27)/t10-,11+,13+,18+/m0/s1. The normalized spacial score (nSPS) is 30.0. The van der Waals surface area contributed by atoms with Gasteiger partial charge in [-0.2, -0.15) is 0 Å². The number of rotatable bonds is 4. The number of hydrogen-bond acceptors (Lipinski definition) is 7. The molecular formula is C18H22N6O5. The second kappa shape index (κ2) is 6.28. The van der Waals surface area contributed by atoms with Crippen LogP contribution in [0.3, 0.4) is 0 Å². The molecule has 2 aromatic heterocycles. The van der Waals surface area contributed by atoms with Gasteiger partial charge in [0.2, 0.25) is 5.82 Å². The molecule has 3 aliphatic rings. The van der Waals surface area contributed by atoms with Gasteiger partial charge in [-0.05, 0) is 19.8 Å². The lowest BCUT2D eigenvalue weighted by Crippen LogP contribution is -2.42. The van der Waals surface area contributed by atoms with Crippen molar-refractivity contribution in [1.29, 1.82) is 0 Å². The van der Waals surface area contributed by atoms with Crippen LogP contribution in [-0.2, 0) is 11.8 Å². The maximum absolute atomic E-state index is 12.8. The van der Waals surface area contributed by atoms with Gasteiger partial charge in [0.1, 0.15) is 5.76 Å². The summed E-state index contributed by atoms with van der Waals surface area (Å²) in [5.41, 5.74) is -0.551. The van der Waals surface area contributed by atoms with Crippen molar-refractivity contribution in [2.24, 2.45) is 18.9 Å². The Morgan fingerprint density at radius 3 is 2.97 bits per heavy atom. The first-order chi connectivity index (χ1) is 13.9. The molecule has 29 heavy (non-hydrogen) atoms. The minimum Gasteiger partial charge on any atom is -0.369 e. The number of amides is 2. The molecular weight excluding hydrogens is 380 g/mol. The summed E-state index contributed by atoms with van der Waals surface area (Å²) in [6.45, 7) is 3.16. The lowest BCUT2D eigenvalue weighted by molar-refractivity contribution is 0.00304. The zero-order valence-corrected chi connectivity index (χ0v) is 16.2. The van der Waals surface area contributed by atoms with Gasteiger partial charge in [0, 0.05) is 38.0 Å². The third-order valence-electron chi connectivity index (χ3n) is 6.40. The maximum atomic E-state index is 12.8. The van der Waals surface area contributed by atoms with E-state index in [1.807, 2.05) is 0 Å². The van der Waals surface area contributed by atoms with E-state index in [1.165, 1.54) is 7.05 Å². The lowest BCUT2D eigenvalue weighted by Gasteiger charge is -2.29. The Balaban J connectivity index is 1.29. The lowest BCUT2D eigenvalue weighted by atomic mass is 9.73. The first-order valence-electron chi connectivity index (χ1n) is 9.68. The third-order valence-corrected chi connectivity index (χ3v) is 6.40. The van der Waals surface area contributed by atoms with Crippen LogP contribution < -0.4 is 11.0 Å². The van der Waals surface area contributed by atoms with E-state index in [4.69, 9.17) is 9.26 Å². The largest absolute Gasteiger partial charge is 0.369 e. The van der Waals surface area contributed by atoms with Crippen molar-refractivity contribution in [2.45, 2.75) is 31.5 Å². The monoisotopic (exact) mass is 402 g/mol. The third kappa shape index (κ3) is 2.79. The molecule has 11 nitrogen and oxygen atoms in total. The van der Waals surface area contributed by atoms with E-state index in [0.717, 1.165) is 17.5 Å². The fourth-order valence-corrected chi connectivity index (χ4v) is 5.04. The molecule has 2 N–H and O–H groups in total. The summed E-state index contributed by atoms with van der Waals surface area (Å²) in [6.07, 6.45) is 1.87. The summed E-state index contributed by atoms with van der Waals surface area (Å²) < 4.78 is 12.4. The van der Waals surface area contributed by atoms with Gasteiger partial charge in [0.25, 0.3) is 11.8 Å². The number of fused-ring (bicyclic) bond motifs is 1. The molecule has 0 saturated carbocycles. The number of hydrogen-bond donors (Lipinski definition) is 2. The fraction of sp³-hybridized carbons (Fsp3) is 0.611. The molecule has 5 rings (SSSR count). The molecule has 5 heterocycles. The number of nitrogens with one attached hydrogen (secondary N) is 2. The van der Waals surface area contributed by atoms with Crippen LogP contribution in [0.25, 0.3) is 0 Å². The second-order valence-electron chi connectivity index (χ2n) is 8.15. The van der Waals surface area contributed by atoms with Gasteiger partial charge in [0.15, 0.2) is 5.69 Å². The molecule has 2 amide bonds. The summed E-state index contributed by atoms with van der Waals surface area (Å²) in [5.74, 6) is 0.265. The topological polar surface area (TPSA) is 135 Å². The Labute approximate surface area is 165 Å². The van der Waals surface area contributed by atoms with Crippen LogP contribution in [-0.4, -0.2) is 68.0 Å². The van der Waals surface area contributed by atoms with Crippen molar-refractivity contribution >= 4 is 11.8 Å². The van der Waals surface area contributed by atoms with E-state index in [-0.39, 0.29) is 46.9 Å². The quantitative estimate of drug-likeness (QED) is 0.701. The van der Waals surface area contributed by atoms with Crippen LogP contribution in [0.15, 0.2) is 15.4 Å². The van der Waals surface area contributed by atoms with Gasteiger partial charge in [0.05, 0.1) is 18.2 Å². The van der Waals surface area contributed by atoms with Crippen LogP contribution in [0.4, 0.5) is 0 Å². The number of aromatic nitrogens is 4. The highest BCUT2D eigenvalue weighted by molar-refractivity contribution is 5.92. The fourth-order valence-electron chi connectivity index (χ4n) is 5.04. The van der Waals surface area contributed by atoms with Gasteiger partial charge >= 0.3 is 5.69 Å². The van der Waals surface area contributed by atoms with Crippen molar-refractivity contribution in [3.8, 4) is 0 Å². The van der Waals surface area contributed by atoms with Crippen molar-refractivity contribution in [3.63, 3.8) is 0 Å². The zero-order valence-electron chi connectivity index (χ0n) is 16.2. The van der Waals surface area contributed by atoms with E-state index in [2.05, 4.69) is 20.6 Å². The number of H-pyrrole nitrogens is 1. The highest BCUT2D eigenvalue weighted by Crippen LogP contribution is 2.54. The summed E-state index contributed by atoms with van der Waals surface area (Å²) in [6, 6.07) is 1.59. The highest BCUT2D eigenvalue weighted by Gasteiger charge is 2.63. The zero-order chi connectivity index (χ0) is 20.3. The average molecular weight is 402 g/mol. The van der Waals surface area contributed by atoms with Crippen molar-refractivity contribution in [1.82, 2.24) is 30.1 Å². The molecule has 3 saturated heterocycles. The van der Waals surface area contributed by atoms with E-state index < -0.39 is 5.69 Å². The molecule has 2 aromatic rings. The van der Waals surface area contributed by atoms with Crippen LogP contribution in [0.5, 0.6) is 0 Å². The number of aryl methyl sites for hydroxylation is 2. The first kappa shape index (κ1) is 18.1. The maximum Gasteiger partial charge on any atom is 0.343 e. The molecule has 3 aliphatic heterocycles. The van der Waals surface area contributed by atoms with E-state index >= 15 is 0 Å². The van der Waals surface area contributed by atoms with Crippen LogP contribution in [0.1, 0.15) is 39.7 Å². The summed E-state index contributed by atoms with van der Waals surface area (Å²) in [7, 11) is 1.49. The first-order valence-corrected chi connectivity index (χ1v) is 9.68. The predicted octanol–water partition coefficient (Wildman–Crippen LogP) is -0.546. The Morgan fingerprint density at radius 2 is 2.28 bits per heavy atom. The molecule has 1 spiro atoms. The van der Waals surface area contributed by atoms with Gasteiger partial charge in [-0.3, -0.25) is 14.6 Å². The number of nitrogens with zero attached hydrogens (tertiary/aromatic N) is 4. The molecule has 154 valence electrons. The van der Waals surface area contributed by atoms with Gasteiger partial charge in [-0.25, -0.2) is 9.48 Å². The Morgan fingerprint density at radius 1 is 1.45 bits per heavy atom. The Hall–Kier alpha value is -2.95. The Kier molecular flexibility index (Phi) is 3.92. The molecule has 0 aliphatic carbocycles. The number of carbonyl (C=O) groups is 2. The SMILES string of the molecule is Cc1cc(C(=O)NC[C@H]2[C@H]3CN(C(=O)c4nn(C)c(=O)[nH]4)C[C@]34CC[C@H]2O4)no1. The molecule has 0 unspecified atom stereocenters. The van der Waals surface area contributed by atoms with E-state index in [9.17, 15) is 14.4 Å². The second-order valence-corrected chi connectivity index (χ2v) is 8.15. The van der Waals surface area contributed by atoms with Crippen LogP contribution in [0.2, 0.25) is 0 Å². The predicted molar refractivity (Wildman–Crippen MR) is 97.1 cm³/mol. The summed E-state index contributed by atoms with van der Waals surface area (Å²) in [4.78, 5) is 40.9. The number of ether oxygens (including phenoxy) is 1. The molecule has 0 radical (unpaired) electrons. The average Bonchev–Trinajstić information content (AvgIpc) is 3.47. The van der Waals surface area contributed by atoms with E-state index in [1.54, 1.807) is 17.9 Å². The number of likely N-dealkylation sites (tertiary alicyclic amines) is 1. The van der Waals surface area contributed by atoms with Gasteiger partial charge < -0.3 is 19.5 Å². The summed E-state index contributed by atoms with van der Waals surface area (Å²) in [5, 5.41) is 10.6. The van der Waals surface area contributed by atoms with Crippen molar-refractivity contribution in [3.05, 3.63) is 33.8 Å². The molecule has 3 fully saturated rings. The number of carbonyl (C=O) groups excluding carboxylic acids is 2. The van der Waals surface area contributed by atoms with Gasteiger partial charge in [-0.1, -0.05) is 5.16 Å². The van der Waals surface area contributed by atoms with Crippen molar-refractivity contribution < 1.29 is 18.8 Å². The molecule has 2 bridgehead atoms. The van der Waals surface area contributed by atoms with Crippen molar-refractivity contribution in [2.75, 3.05) is 19.6 Å². The highest BCUT2D eigenvalue weighted by atomic mass is 16.5.